The summed E-state index contributed by atoms with van der Waals surface area (Å²) in [5, 5.41) is 2.89. The van der Waals surface area contributed by atoms with Crippen molar-refractivity contribution >= 4 is 11.7 Å². The van der Waals surface area contributed by atoms with Crippen LogP contribution in [0.3, 0.4) is 0 Å². The van der Waals surface area contributed by atoms with E-state index < -0.39 is 0 Å². The molecular weight excluding hydrogens is 382 g/mol. The van der Waals surface area contributed by atoms with Crippen LogP contribution in [0.5, 0.6) is 11.5 Å². The van der Waals surface area contributed by atoms with E-state index in [1.807, 2.05) is 41.8 Å². The Labute approximate surface area is 176 Å². The van der Waals surface area contributed by atoms with Gasteiger partial charge in [-0.15, -0.1) is 0 Å². The van der Waals surface area contributed by atoms with Crippen molar-refractivity contribution in [1.29, 1.82) is 0 Å². The van der Waals surface area contributed by atoms with Crippen LogP contribution < -0.4 is 20.3 Å². The molecule has 30 heavy (non-hydrogen) atoms. The van der Waals surface area contributed by atoms with Gasteiger partial charge in [-0.1, -0.05) is 13.3 Å². The van der Waals surface area contributed by atoms with Crippen LogP contribution in [-0.2, 0) is 0 Å². The number of likely N-dealkylation sites (tertiary alicyclic amines) is 1. The average Bonchev–Trinajstić information content (AvgIpc) is 3.50. The van der Waals surface area contributed by atoms with Gasteiger partial charge in [0.2, 0.25) is 0 Å². The number of carbonyl (C=O) groups excluding carboxylic acids is 1. The Morgan fingerprint density at radius 2 is 1.87 bits per heavy atom. The number of aromatic nitrogens is 1. The van der Waals surface area contributed by atoms with Crippen molar-refractivity contribution in [2.24, 2.45) is 0 Å². The molecule has 2 heterocycles. The number of hydrogen-bond donors (Lipinski definition) is 1. The number of nitrogens with zero attached hydrogens (tertiary/aromatic N) is 2. The number of anilines is 1. The van der Waals surface area contributed by atoms with Crippen LogP contribution >= 0.6 is 0 Å². The van der Waals surface area contributed by atoms with Gasteiger partial charge in [0.1, 0.15) is 17.6 Å². The number of carbonyl (C=O) groups is 1. The molecule has 0 spiro atoms. The van der Waals surface area contributed by atoms with Gasteiger partial charge >= 0.3 is 6.03 Å². The Balaban J connectivity index is 1.24. The molecule has 1 saturated carbocycles. The molecule has 0 bridgehead atoms. The molecule has 0 atom stereocenters. The number of aryl methyl sites for hydroxylation is 1. The first-order valence-electron chi connectivity index (χ1n) is 10.7. The van der Waals surface area contributed by atoms with Gasteiger partial charge in [-0.05, 0) is 56.5 Å². The molecule has 7 nitrogen and oxygen atoms in total. The monoisotopic (exact) mass is 411 g/mol. The third-order valence-corrected chi connectivity index (χ3v) is 5.46. The SMILES string of the molecule is CCCCOc1ccc(NC(=O)N2CC(Oc3cc(C)n(C4CC4)c(=O)c3)C2)cc1. The molecule has 160 valence electrons. The second kappa shape index (κ2) is 8.81. The number of urea groups is 1. The van der Waals surface area contributed by atoms with E-state index in [9.17, 15) is 9.59 Å². The van der Waals surface area contributed by atoms with E-state index in [-0.39, 0.29) is 17.7 Å². The maximum absolute atomic E-state index is 12.4. The molecule has 2 aromatic rings. The highest BCUT2D eigenvalue weighted by molar-refractivity contribution is 5.90. The van der Waals surface area contributed by atoms with Gasteiger partial charge in [0.15, 0.2) is 0 Å². The molecule has 1 aromatic carbocycles. The second-order valence-electron chi connectivity index (χ2n) is 8.07. The van der Waals surface area contributed by atoms with Crippen LogP contribution in [0.25, 0.3) is 0 Å². The largest absolute Gasteiger partial charge is 0.494 e. The van der Waals surface area contributed by atoms with Crippen LogP contribution in [0, 0.1) is 6.92 Å². The molecule has 2 aliphatic rings. The van der Waals surface area contributed by atoms with Crippen molar-refractivity contribution in [3.8, 4) is 11.5 Å². The fourth-order valence-corrected chi connectivity index (χ4v) is 3.59. The van der Waals surface area contributed by atoms with Gasteiger partial charge in [0.05, 0.1) is 19.7 Å². The highest BCUT2D eigenvalue weighted by atomic mass is 16.5. The minimum absolute atomic E-state index is 0.0106. The normalized spacial score (nSPS) is 16.1. The summed E-state index contributed by atoms with van der Waals surface area (Å²) in [5.41, 5.74) is 1.64. The zero-order chi connectivity index (χ0) is 21.1. The van der Waals surface area contributed by atoms with E-state index in [2.05, 4.69) is 12.2 Å². The Bertz CT molecular complexity index is 944. The van der Waals surface area contributed by atoms with Gasteiger partial charge in [-0.3, -0.25) is 4.79 Å². The standard InChI is InChI=1S/C23H29N3O4/c1-3-4-11-29-19-9-5-17(6-10-19)24-23(28)25-14-21(15-25)30-20-12-16(2)26(18-7-8-18)22(27)13-20/h5-6,9-10,12-13,18,21H,3-4,7-8,11,14-15H2,1-2H3,(H,24,28). The minimum atomic E-state index is -0.158. The van der Waals surface area contributed by atoms with Gasteiger partial charge in [0.25, 0.3) is 5.56 Å². The maximum Gasteiger partial charge on any atom is 0.322 e. The van der Waals surface area contributed by atoms with Crippen molar-refractivity contribution in [3.63, 3.8) is 0 Å². The Hall–Kier alpha value is -2.96. The molecule has 4 rings (SSSR count). The van der Waals surface area contributed by atoms with E-state index >= 15 is 0 Å². The predicted octanol–water partition coefficient (Wildman–Crippen LogP) is 3.97. The number of hydrogen-bond acceptors (Lipinski definition) is 4. The van der Waals surface area contributed by atoms with Crippen LogP contribution in [0.1, 0.15) is 44.3 Å². The summed E-state index contributed by atoms with van der Waals surface area (Å²) in [6.07, 6.45) is 4.16. The molecule has 1 saturated heterocycles. The predicted molar refractivity (Wildman–Crippen MR) is 116 cm³/mol. The van der Waals surface area contributed by atoms with Crippen LogP contribution in [0.4, 0.5) is 10.5 Å². The number of benzene rings is 1. The van der Waals surface area contributed by atoms with Crippen LogP contribution in [-0.4, -0.2) is 41.3 Å². The zero-order valence-electron chi connectivity index (χ0n) is 17.6. The van der Waals surface area contributed by atoms with E-state index in [4.69, 9.17) is 9.47 Å². The number of ether oxygens (including phenoxy) is 2. The molecule has 1 N–H and O–H groups in total. The molecule has 2 fully saturated rings. The third-order valence-electron chi connectivity index (χ3n) is 5.46. The van der Waals surface area contributed by atoms with Gasteiger partial charge in [0, 0.05) is 23.5 Å². The molecule has 0 unspecified atom stereocenters. The molecular formula is C23H29N3O4. The number of amides is 2. The Kier molecular flexibility index (Phi) is 5.97. The number of nitrogens with one attached hydrogen (secondary N) is 1. The zero-order valence-corrected chi connectivity index (χ0v) is 17.6. The molecule has 7 heteroatoms. The lowest BCUT2D eigenvalue weighted by Gasteiger charge is -2.38. The summed E-state index contributed by atoms with van der Waals surface area (Å²) in [5.74, 6) is 1.39. The van der Waals surface area contributed by atoms with E-state index in [1.165, 1.54) is 0 Å². The molecule has 1 aliphatic carbocycles. The average molecular weight is 412 g/mol. The van der Waals surface area contributed by atoms with Crippen molar-refractivity contribution in [3.05, 3.63) is 52.4 Å². The fourth-order valence-electron chi connectivity index (χ4n) is 3.59. The second-order valence-corrected chi connectivity index (χ2v) is 8.07. The van der Waals surface area contributed by atoms with Crippen molar-refractivity contribution < 1.29 is 14.3 Å². The molecule has 1 aliphatic heterocycles. The highest BCUT2D eigenvalue weighted by Crippen LogP contribution is 2.35. The first-order valence-corrected chi connectivity index (χ1v) is 10.7. The molecule has 0 radical (unpaired) electrons. The van der Waals surface area contributed by atoms with Crippen LogP contribution in [0.2, 0.25) is 0 Å². The number of pyridine rings is 1. The van der Waals surface area contributed by atoms with Gasteiger partial charge < -0.3 is 24.3 Å². The molecule has 1 aromatic heterocycles. The topological polar surface area (TPSA) is 72.8 Å². The quantitative estimate of drug-likeness (QED) is 0.667. The summed E-state index contributed by atoms with van der Waals surface area (Å²) < 4.78 is 13.4. The lowest BCUT2D eigenvalue weighted by molar-refractivity contribution is 0.0490. The summed E-state index contributed by atoms with van der Waals surface area (Å²) >= 11 is 0. The van der Waals surface area contributed by atoms with Crippen molar-refractivity contribution in [2.45, 2.75) is 51.7 Å². The van der Waals surface area contributed by atoms with E-state index in [1.54, 1.807) is 11.0 Å². The first-order chi connectivity index (χ1) is 14.5. The lowest BCUT2D eigenvalue weighted by Crippen LogP contribution is -2.57. The van der Waals surface area contributed by atoms with E-state index in [0.29, 0.717) is 31.5 Å². The maximum atomic E-state index is 12.4. The summed E-state index contributed by atoms with van der Waals surface area (Å²) in [4.78, 5) is 26.4. The van der Waals surface area contributed by atoms with Gasteiger partial charge in [-0.2, -0.15) is 0 Å². The Morgan fingerprint density at radius 3 is 2.50 bits per heavy atom. The smallest absolute Gasteiger partial charge is 0.322 e. The van der Waals surface area contributed by atoms with Crippen molar-refractivity contribution in [1.82, 2.24) is 9.47 Å². The Morgan fingerprint density at radius 1 is 1.13 bits per heavy atom. The fraction of sp³-hybridized carbons (Fsp3) is 0.478. The number of unbranched alkanes of at least 4 members (excludes halogenated alkanes) is 1. The van der Waals surface area contributed by atoms with Crippen LogP contribution in [0.15, 0.2) is 41.2 Å². The number of rotatable bonds is 8. The summed E-state index contributed by atoms with van der Waals surface area (Å²) in [6, 6.07) is 11.1. The van der Waals surface area contributed by atoms with E-state index in [0.717, 1.165) is 42.8 Å². The van der Waals surface area contributed by atoms with Gasteiger partial charge in [-0.25, -0.2) is 4.79 Å². The third kappa shape index (κ3) is 4.78. The summed E-state index contributed by atoms with van der Waals surface area (Å²) in [6.45, 7) is 5.75. The highest BCUT2D eigenvalue weighted by Gasteiger charge is 2.33. The minimum Gasteiger partial charge on any atom is -0.494 e. The molecule has 2 amide bonds. The lowest BCUT2D eigenvalue weighted by atomic mass is 10.2. The van der Waals surface area contributed by atoms with Crippen molar-refractivity contribution in [2.75, 3.05) is 25.0 Å². The summed E-state index contributed by atoms with van der Waals surface area (Å²) in [7, 11) is 0. The first kappa shape index (κ1) is 20.3.